The van der Waals surface area contributed by atoms with Crippen molar-refractivity contribution in [2.75, 3.05) is 14.2 Å². The maximum absolute atomic E-state index is 13.4. The Hall–Kier alpha value is -2.17. The smallest absolute Gasteiger partial charge is 0.244 e. The van der Waals surface area contributed by atoms with Gasteiger partial charge in [-0.1, -0.05) is 61.3 Å². The molecule has 1 heterocycles. The number of hydrogen-bond acceptors (Lipinski definition) is 5. The van der Waals surface area contributed by atoms with Crippen LogP contribution in [0.15, 0.2) is 48.5 Å². The maximum Gasteiger partial charge on any atom is 0.244 e. The van der Waals surface area contributed by atoms with Crippen molar-refractivity contribution >= 4 is 45.0 Å². The highest BCUT2D eigenvalue weighted by Gasteiger charge is 2.46. The lowest BCUT2D eigenvalue weighted by atomic mass is 9.70. The second-order valence-corrected chi connectivity index (χ2v) is 14.2. The van der Waals surface area contributed by atoms with Gasteiger partial charge in [-0.2, -0.15) is 4.31 Å². The molecule has 4 rings (SSSR count). The molecule has 2 N–H and O–H groups in total. The van der Waals surface area contributed by atoms with Gasteiger partial charge in [-0.25, -0.2) is 13.9 Å². The lowest BCUT2D eigenvalue weighted by Gasteiger charge is -2.44. The molecule has 2 aliphatic rings. The Morgan fingerprint density at radius 3 is 2.40 bits per heavy atom. The number of rotatable bonds is 11. The molecule has 2 amide bonds. The molecular formula is C29H37Cl2N3O5S. The molecule has 0 spiro atoms. The van der Waals surface area contributed by atoms with Crippen molar-refractivity contribution in [3.8, 4) is 0 Å². The summed E-state index contributed by atoms with van der Waals surface area (Å²) in [7, 11) is -0.504. The van der Waals surface area contributed by atoms with Crippen molar-refractivity contribution in [3.05, 3.63) is 69.7 Å². The Bertz CT molecular complexity index is 1320. The lowest BCUT2D eigenvalue weighted by molar-refractivity contribution is -0.138. The summed E-state index contributed by atoms with van der Waals surface area (Å²) in [5.41, 5.74) is 4.09. The van der Waals surface area contributed by atoms with Crippen molar-refractivity contribution in [3.63, 3.8) is 0 Å². The highest BCUT2D eigenvalue weighted by Crippen LogP contribution is 2.44. The summed E-state index contributed by atoms with van der Waals surface area (Å²) >= 11 is 12.5. The summed E-state index contributed by atoms with van der Waals surface area (Å²) < 4.78 is 28.3. The third kappa shape index (κ3) is 6.82. The first-order valence-electron chi connectivity index (χ1n) is 13.5. The first-order chi connectivity index (χ1) is 18.9. The van der Waals surface area contributed by atoms with Gasteiger partial charge in [-0.05, 0) is 66.5 Å². The fourth-order valence-electron chi connectivity index (χ4n) is 5.96. The van der Waals surface area contributed by atoms with Gasteiger partial charge in [0.25, 0.3) is 0 Å². The SMILES string of the molecule is CONC(=O)C[C@H]1C[C@H](c2cccc(Cl)c2)[C@H](C(C)C(C)C(c2ccc(Cl)cc2)N(C)S(=O)(=O)C2CC2)NC1=O. The molecule has 2 fully saturated rings. The van der Waals surface area contributed by atoms with Crippen LogP contribution in [0.2, 0.25) is 10.0 Å². The quantitative estimate of drug-likeness (QED) is 0.345. The average Bonchev–Trinajstić information content (AvgIpc) is 3.77. The van der Waals surface area contributed by atoms with Crippen LogP contribution in [0.25, 0.3) is 0 Å². The summed E-state index contributed by atoms with van der Waals surface area (Å²) in [5, 5.41) is 3.99. The van der Waals surface area contributed by atoms with Gasteiger partial charge in [0.05, 0.1) is 18.4 Å². The zero-order chi connectivity index (χ0) is 29.2. The number of amides is 2. The molecule has 0 radical (unpaired) electrons. The second-order valence-electron chi connectivity index (χ2n) is 11.0. The van der Waals surface area contributed by atoms with Gasteiger partial charge in [0.2, 0.25) is 21.8 Å². The number of carbonyl (C=O) groups is 2. The standard InChI is InChI=1S/C29H37Cl2N3O5S/c1-17(18(2)28(19-8-10-22(30)11-9-19)34(3)40(37,38)24-12-13-24)27-25(20-6-5-7-23(31)14-20)15-21(29(36)32-27)16-26(35)33-39-4/h5-11,14,17-18,21,24-25,27-28H,12-13,15-16H2,1-4H3,(H,32,36)(H,33,35)/t17?,18?,21-,25-,27+,28?/m1/s1. The van der Waals surface area contributed by atoms with Gasteiger partial charge >= 0.3 is 0 Å². The number of nitrogens with zero attached hydrogens (tertiary/aromatic N) is 1. The average molecular weight is 611 g/mol. The highest BCUT2D eigenvalue weighted by atomic mass is 35.5. The van der Waals surface area contributed by atoms with Crippen molar-refractivity contribution in [1.29, 1.82) is 0 Å². The monoisotopic (exact) mass is 609 g/mol. The molecule has 218 valence electrons. The fraction of sp³-hybridized carbons (Fsp3) is 0.517. The third-order valence-corrected chi connectivity index (χ3v) is 11.3. The van der Waals surface area contributed by atoms with E-state index in [4.69, 9.17) is 28.0 Å². The Kier molecular flexibility index (Phi) is 9.83. The molecule has 1 saturated carbocycles. The van der Waals surface area contributed by atoms with E-state index in [2.05, 4.69) is 10.8 Å². The molecule has 0 bridgehead atoms. The molecule has 1 aliphatic carbocycles. The van der Waals surface area contributed by atoms with E-state index in [1.54, 1.807) is 25.2 Å². The lowest BCUT2D eigenvalue weighted by Crippen LogP contribution is -2.54. The zero-order valence-corrected chi connectivity index (χ0v) is 25.5. The van der Waals surface area contributed by atoms with Crippen LogP contribution in [0.3, 0.4) is 0 Å². The normalized spacial score (nSPS) is 23.8. The number of sulfonamides is 1. The first kappa shape index (κ1) is 30.8. The van der Waals surface area contributed by atoms with Gasteiger partial charge in [0.15, 0.2) is 0 Å². The molecule has 8 nitrogen and oxygen atoms in total. The van der Waals surface area contributed by atoms with Crippen molar-refractivity contribution in [2.24, 2.45) is 17.8 Å². The van der Waals surface area contributed by atoms with E-state index in [1.807, 2.05) is 44.2 Å². The van der Waals surface area contributed by atoms with E-state index in [9.17, 15) is 18.0 Å². The van der Waals surface area contributed by atoms with Crippen LogP contribution >= 0.6 is 23.2 Å². The van der Waals surface area contributed by atoms with Crippen LogP contribution in [0, 0.1) is 17.8 Å². The van der Waals surface area contributed by atoms with Gasteiger partial charge in [-0.3, -0.25) is 14.4 Å². The van der Waals surface area contributed by atoms with E-state index >= 15 is 0 Å². The van der Waals surface area contributed by atoms with Crippen molar-refractivity contribution in [1.82, 2.24) is 15.1 Å². The maximum atomic E-state index is 13.4. The van der Waals surface area contributed by atoms with Crippen LogP contribution in [0.4, 0.5) is 0 Å². The predicted octanol–water partition coefficient (Wildman–Crippen LogP) is 5.09. The number of benzene rings is 2. The zero-order valence-electron chi connectivity index (χ0n) is 23.1. The number of hydroxylamine groups is 1. The minimum Gasteiger partial charge on any atom is -0.352 e. The molecule has 6 atom stereocenters. The molecule has 11 heteroatoms. The number of hydrogen-bond donors (Lipinski definition) is 2. The van der Waals surface area contributed by atoms with E-state index in [0.29, 0.717) is 29.3 Å². The number of piperidine rings is 1. The van der Waals surface area contributed by atoms with Crippen molar-refractivity contribution in [2.45, 2.75) is 62.8 Å². The number of halogens is 2. The number of nitrogens with one attached hydrogen (secondary N) is 2. The van der Waals surface area contributed by atoms with Gasteiger partial charge in [0, 0.05) is 41.4 Å². The summed E-state index contributed by atoms with van der Waals surface area (Å²) in [5.74, 6) is -1.63. The molecule has 1 saturated heterocycles. The van der Waals surface area contributed by atoms with E-state index < -0.39 is 22.0 Å². The Morgan fingerprint density at radius 1 is 1.12 bits per heavy atom. The third-order valence-electron chi connectivity index (χ3n) is 8.42. The largest absolute Gasteiger partial charge is 0.352 e. The molecule has 0 aromatic heterocycles. The van der Waals surface area contributed by atoms with Crippen molar-refractivity contribution < 1.29 is 22.8 Å². The molecule has 2 aromatic rings. The van der Waals surface area contributed by atoms with Crippen LogP contribution in [0.5, 0.6) is 0 Å². The minimum atomic E-state index is -3.50. The topological polar surface area (TPSA) is 105 Å². The molecule has 1 aliphatic heterocycles. The summed E-state index contributed by atoms with van der Waals surface area (Å²) in [6.07, 6.45) is 1.75. The van der Waals surface area contributed by atoms with E-state index in [1.165, 1.54) is 11.4 Å². The van der Waals surface area contributed by atoms with Crippen LogP contribution < -0.4 is 10.8 Å². The van der Waals surface area contributed by atoms with Gasteiger partial charge in [0.1, 0.15) is 0 Å². The number of carbonyl (C=O) groups excluding carboxylic acids is 2. The van der Waals surface area contributed by atoms with Gasteiger partial charge < -0.3 is 5.32 Å². The Balaban J connectivity index is 1.69. The Labute approximate surface area is 246 Å². The Morgan fingerprint density at radius 2 is 1.80 bits per heavy atom. The molecule has 40 heavy (non-hydrogen) atoms. The molecular weight excluding hydrogens is 573 g/mol. The summed E-state index contributed by atoms with van der Waals surface area (Å²) in [6.45, 7) is 4.08. The molecule has 2 aromatic carbocycles. The fourth-order valence-corrected chi connectivity index (χ4v) is 8.11. The second kappa shape index (κ2) is 12.8. The van der Waals surface area contributed by atoms with E-state index in [-0.39, 0.29) is 47.3 Å². The van der Waals surface area contributed by atoms with E-state index in [0.717, 1.165) is 11.1 Å². The van der Waals surface area contributed by atoms with Crippen LogP contribution in [0.1, 0.15) is 62.6 Å². The minimum absolute atomic E-state index is 0.0108. The van der Waals surface area contributed by atoms with Crippen LogP contribution in [-0.2, 0) is 24.4 Å². The summed E-state index contributed by atoms with van der Waals surface area (Å²) in [6, 6.07) is 14.0. The molecule has 3 unspecified atom stereocenters. The highest BCUT2D eigenvalue weighted by molar-refractivity contribution is 7.90. The van der Waals surface area contributed by atoms with Crippen LogP contribution in [-0.4, -0.2) is 50.0 Å². The van der Waals surface area contributed by atoms with Gasteiger partial charge in [-0.15, -0.1) is 0 Å². The first-order valence-corrected chi connectivity index (χ1v) is 15.8. The summed E-state index contributed by atoms with van der Waals surface area (Å²) in [4.78, 5) is 30.3. The predicted molar refractivity (Wildman–Crippen MR) is 156 cm³/mol.